The number of nitrogens with one attached hydrogen (secondary N) is 3. The van der Waals surface area contributed by atoms with Crippen LogP contribution >= 0.6 is 24.0 Å². The van der Waals surface area contributed by atoms with Crippen LogP contribution in [0.25, 0.3) is 0 Å². The molecule has 2 aromatic rings. The molecule has 0 amide bonds. The lowest BCUT2D eigenvalue weighted by molar-refractivity contribution is -0.384. The lowest BCUT2D eigenvalue weighted by Gasteiger charge is -2.22. The maximum atomic E-state index is 11.0. The summed E-state index contributed by atoms with van der Waals surface area (Å²) in [6, 6.07) is 15.9. The fraction of sp³-hybridized carbons (Fsp3) is 0.350. The van der Waals surface area contributed by atoms with Crippen molar-refractivity contribution in [2.24, 2.45) is 4.99 Å². The van der Waals surface area contributed by atoms with E-state index in [0.717, 1.165) is 5.56 Å². The SMILES string of the molecule is CCNC(=NCC(C)(O)c1ccccc1)NCCNc1ccccc1[N+](=O)[O-].I. The van der Waals surface area contributed by atoms with Gasteiger partial charge in [0.15, 0.2) is 5.96 Å². The van der Waals surface area contributed by atoms with Gasteiger partial charge in [0.05, 0.1) is 11.5 Å². The van der Waals surface area contributed by atoms with Gasteiger partial charge in [-0.25, -0.2) is 4.99 Å². The van der Waals surface area contributed by atoms with Gasteiger partial charge in [-0.3, -0.25) is 10.1 Å². The van der Waals surface area contributed by atoms with Crippen LogP contribution in [0.3, 0.4) is 0 Å². The van der Waals surface area contributed by atoms with Crippen LogP contribution in [0.2, 0.25) is 0 Å². The Kier molecular flexibility index (Phi) is 10.4. The average molecular weight is 513 g/mol. The number of aliphatic hydroxyl groups is 1. The zero-order valence-electron chi connectivity index (χ0n) is 16.6. The Labute approximate surface area is 188 Å². The minimum absolute atomic E-state index is 0. The Morgan fingerprint density at radius 2 is 1.76 bits per heavy atom. The van der Waals surface area contributed by atoms with Gasteiger partial charge in [0.25, 0.3) is 5.69 Å². The highest BCUT2D eigenvalue weighted by atomic mass is 127. The molecular formula is C20H28IN5O3. The van der Waals surface area contributed by atoms with Gasteiger partial charge in [-0.1, -0.05) is 42.5 Å². The summed E-state index contributed by atoms with van der Waals surface area (Å²) in [6.45, 7) is 5.54. The van der Waals surface area contributed by atoms with Gasteiger partial charge < -0.3 is 21.1 Å². The van der Waals surface area contributed by atoms with Gasteiger partial charge in [0, 0.05) is 25.7 Å². The predicted octanol–water partition coefficient (Wildman–Crippen LogP) is 3.09. The smallest absolute Gasteiger partial charge is 0.292 e. The second-order valence-electron chi connectivity index (χ2n) is 6.46. The highest BCUT2D eigenvalue weighted by Gasteiger charge is 2.22. The average Bonchev–Trinajstić information content (AvgIpc) is 2.70. The van der Waals surface area contributed by atoms with Gasteiger partial charge in [-0.2, -0.15) is 0 Å². The van der Waals surface area contributed by atoms with E-state index in [-0.39, 0.29) is 36.2 Å². The molecule has 2 rings (SSSR count). The van der Waals surface area contributed by atoms with Crippen LogP contribution in [-0.4, -0.2) is 42.2 Å². The third kappa shape index (κ3) is 7.86. The molecule has 8 nitrogen and oxygen atoms in total. The summed E-state index contributed by atoms with van der Waals surface area (Å²) in [5.41, 5.74) is 0.241. The molecular weight excluding hydrogens is 485 g/mol. The Balaban J connectivity index is 0.00000420. The number of halogens is 1. The molecule has 1 unspecified atom stereocenters. The number of guanidine groups is 1. The summed E-state index contributed by atoms with van der Waals surface area (Å²) in [5.74, 6) is 0.572. The normalized spacial score (nSPS) is 13.0. The van der Waals surface area contributed by atoms with Crippen molar-refractivity contribution in [1.82, 2.24) is 10.6 Å². The number of para-hydroxylation sites is 2. The van der Waals surface area contributed by atoms with E-state index in [2.05, 4.69) is 20.9 Å². The molecule has 1 atom stereocenters. The molecule has 29 heavy (non-hydrogen) atoms. The Morgan fingerprint density at radius 1 is 1.10 bits per heavy atom. The molecule has 2 aromatic carbocycles. The fourth-order valence-electron chi connectivity index (χ4n) is 2.62. The first-order valence-corrected chi connectivity index (χ1v) is 9.21. The summed E-state index contributed by atoms with van der Waals surface area (Å²) in [5, 5.41) is 31.0. The van der Waals surface area contributed by atoms with Crippen molar-refractivity contribution in [2.75, 3.05) is 31.5 Å². The zero-order chi connectivity index (χ0) is 20.4. The van der Waals surface area contributed by atoms with Crippen LogP contribution in [0.1, 0.15) is 19.4 Å². The van der Waals surface area contributed by atoms with Crippen LogP contribution in [0.15, 0.2) is 59.6 Å². The van der Waals surface area contributed by atoms with E-state index in [1.54, 1.807) is 25.1 Å². The lowest BCUT2D eigenvalue weighted by atomic mass is 9.96. The minimum atomic E-state index is -1.08. The third-order valence-electron chi connectivity index (χ3n) is 4.12. The molecule has 9 heteroatoms. The van der Waals surface area contributed by atoms with Crippen LogP contribution in [0, 0.1) is 10.1 Å². The van der Waals surface area contributed by atoms with E-state index in [1.807, 2.05) is 37.3 Å². The summed E-state index contributed by atoms with van der Waals surface area (Å²) in [6.07, 6.45) is 0. The van der Waals surface area contributed by atoms with Crippen LogP contribution < -0.4 is 16.0 Å². The van der Waals surface area contributed by atoms with E-state index in [0.29, 0.717) is 31.3 Å². The summed E-state index contributed by atoms with van der Waals surface area (Å²) >= 11 is 0. The standard InChI is InChI=1S/C20H27N5O3.HI/c1-3-21-19(24-15-20(2,26)16-9-5-4-6-10-16)23-14-13-22-17-11-7-8-12-18(17)25(27)28;/h4-12,22,26H,3,13-15H2,1-2H3,(H2,21,23,24);1H. The van der Waals surface area contributed by atoms with Crippen molar-refractivity contribution >= 4 is 41.3 Å². The molecule has 4 N–H and O–H groups in total. The van der Waals surface area contributed by atoms with Gasteiger partial charge >= 0.3 is 0 Å². The van der Waals surface area contributed by atoms with Crippen molar-refractivity contribution < 1.29 is 10.0 Å². The number of rotatable bonds is 9. The first-order chi connectivity index (χ1) is 13.4. The second kappa shape index (κ2) is 12.2. The van der Waals surface area contributed by atoms with Crippen LogP contribution in [-0.2, 0) is 5.60 Å². The first-order valence-electron chi connectivity index (χ1n) is 9.21. The topological polar surface area (TPSA) is 112 Å². The van der Waals surface area contributed by atoms with E-state index >= 15 is 0 Å². The monoisotopic (exact) mass is 513 g/mol. The summed E-state index contributed by atoms with van der Waals surface area (Å²) in [4.78, 5) is 15.1. The first kappa shape index (κ1) is 24.6. The number of anilines is 1. The number of aliphatic imine (C=N–C) groups is 1. The van der Waals surface area contributed by atoms with Gasteiger partial charge in [0.1, 0.15) is 11.3 Å². The number of nitrogens with zero attached hydrogens (tertiary/aromatic N) is 2. The van der Waals surface area contributed by atoms with Crippen LogP contribution in [0.4, 0.5) is 11.4 Å². The minimum Gasteiger partial charge on any atom is -0.384 e. The number of benzene rings is 2. The van der Waals surface area contributed by atoms with Crippen molar-refractivity contribution in [2.45, 2.75) is 19.4 Å². The molecule has 158 valence electrons. The highest BCUT2D eigenvalue weighted by molar-refractivity contribution is 14.0. The number of hydrogen-bond donors (Lipinski definition) is 4. The third-order valence-corrected chi connectivity index (χ3v) is 4.12. The predicted molar refractivity (Wildman–Crippen MR) is 127 cm³/mol. The molecule has 0 aliphatic carbocycles. The quantitative estimate of drug-likeness (QED) is 0.102. The number of nitro groups is 1. The molecule has 0 saturated heterocycles. The number of hydrogen-bond acceptors (Lipinski definition) is 5. The van der Waals surface area contributed by atoms with E-state index in [1.165, 1.54) is 6.07 Å². The Bertz CT molecular complexity index is 800. The molecule has 0 aliphatic heterocycles. The van der Waals surface area contributed by atoms with E-state index in [4.69, 9.17) is 0 Å². The summed E-state index contributed by atoms with van der Waals surface area (Å²) < 4.78 is 0. The Hall–Kier alpha value is -2.40. The maximum absolute atomic E-state index is 11.0. The zero-order valence-corrected chi connectivity index (χ0v) is 18.9. The maximum Gasteiger partial charge on any atom is 0.292 e. The van der Waals surface area contributed by atoms with Gasteiger partial charge in [-0.15, -0.1) is 24.0 Å². The fourth-order valence-corrected chi connectivity index (χ4v) is 2.62. The lowest BCUT2D eigenvalue weighted by Crippen LogP contribution is -2.40. The van der Waals surface area contributed by atoms with E-state index < -0.39 is 10.5 Å². The molecule has 0 spiro atoms. The molecule has 0 heterocycles. The second-order valence-corrected chi connectivity index (χ2v) is 6.46. The molecule has 0 radical (unpaired) electrons. The largest absolute Gasteiger partial charge is 0.384 e. The summed E-state index contributed by atoms with van der Waals surface area (Å²) in [7, 11) is 0. The highest BCUT2D eigenvalue weighted by Crippen LogP contribution is 2.22. The molecule has 0 saturated carbocycles. The number of nitro benzene ring substituents is 1. The van der Waals surface area contributed by atoms with Crippen LogP contribution in [0.5, 0.6) is 0 Å². The molecule has 0 fully saturated rings. The van der Waals surface area contributed by atoms with Crippen molar-refractivity contribution in [1.29, 1.82) is 0 Å². The Morgan fingerprint density at radius 3 is 2.41 bits per heavy atom. The van der Waals surface area contributed by atoms with Crippen molar-refractivity contribution in [3.63, 3.8) is 0 Å². The van der Waals surface area contributed by atoms with E-state index in [9.17, 15) is 15.2 Å². The van der Waals surface area contributed by atoms with Crippen molar-refractivity contribution in [3.05, 3.63) is 70.3 Å². The molecule has 0 aliphatic rings. The van der Waals surface area contributed by atoms with Gasteiger partial charge in [-0.05, 0) is 25.5 Å². The van der Waals surface area contributed by atoms with Gasteiger partial charge in [0.2, 0.25) is 0 Å². The molecule has 0 bridgehead atoms. The molecule has 0 aromatic heterocycles. The van der Waals surface area contributed by atoms with Crippen molar-refractivity contribution in [3.8, 4) is 0 Å².